The van der Waals surface area contributed by atoms with Gasteiger partial charge in [-0.25, -0.2) is 0 Å². The summed E-state index contributed by atoms with van der Waals surface area (Å²) in [5.74, 6) is 0.947. The number of nitrogens with zero attached hydrogens (tertiary/aromatic N) is 1. The van der Waals surface area contributed by atoms with Crippen LogP contribution in [0.1, 0.15) is 6.42 Å². The second kappa shape index (κ2) is 4.14. The number of hydrogen-bond acceptors (Lipinski definition) is 5. The fourth-order valence-corrected chi connectivity index (χ4v) is 3.78. The molecule has 0 aromatic heterocycles. The van der Waals surface area contributed by atoms with Crippen LogP contribution in [0.2, 0.25) is 0 Å². The molecule has 0 aromatic rings. The first-order valence-corrected chi connectivity index (χ1v) is 6.21. The van der Waals surface area contributed by atoms with Crippen LogP contribution in [-0.2, 0) is 14.3 Å². The molecular formula is C10H15NO3S. The van der Waals surface area contributed by atoms with E-state index in [1.54, 1.807) is 0 Å². The molecular weight excluding hydrogens is 214 g/mol. The Balaban J connectivity index is 2.22. The van der Waals surface area contributed by atoms with Crippen LogP contribution in [0.15, 0.2) is 0 Å². The lowest BCUT2D eigenvalue weighted by Gasteiger charge is -2.45. The van der Waals surface area contributed by atoms with Gasteiger partial charge in [0.05, 0.1) is 7.11 Å². The van der Waals surface area contributed by atoms with Crippen molar-refractivity contribution in [1.82, 2.24) is 4.90 Å². The van der Waals surface area contributed by atoms with Crippen molar-refractivity contribution in [2.45, 2.75) is 18.5 Å². The topological polar surface area (TPSA) is 46.6 Å². The summed E-state index contributed by atoms with van der Waals surface area (Å²) in [5, 5.41) is 0. The number of methoxy groups -OCH3 is 1. The molecule has 0 radical (unpaired) electrons. The van der Waals surface area contributed by atoms with Gasteiger partial charge in [-0.05, 0) is 7.05 Å². The van der Waals surface area contributed by atoms with Gasteiger partial charge in [-0.15, -0.1) is 0 Å². The number of ether oxygens (including phenoxy) is 1. The van der Waals surface area contributed by atoms with Gasteiger partial charge >= 0.3 is 5.97 Å². The molecule has 2 saturated heterocycles. The summed E-state index contributed by atoms with van der Waals surface area (Å²) in [6, 6.07) is 0.338. The predicted octanol–water partition coefficient (Wildman–Crippen LogP) is 0.164. The molecule has 2 aliphatic heterocycles. The minimum atomic E-state index is -0.566. The zero-order chi connectivity index (χ0) is 11.0. The molecule has 2 heterocycles. The molecule has 4 nitrogen and oxygen atoms in total. The van der Waals surface area contributed by atoms with E-state index in [0.29, 0.717) is 12.5 Å². The zero-order valence-electron chi connectivity index (χ0n) is 8.93. The maximum atomic E-state index is 11.8. The van der Waals surface area contributed by atoms with Crippen LogP contribution in [0.3, 0.4) is 0 Å². The van der Waals surface area contributed by atoms with Crippen molar-refractivity contribution in [1.29, 1.82) is 0 Å². The fourth-order valence-electron chi connectivity index (χ4n) is 2.35. The van der Waals surface area contributed by atoms with Crippen LogP contribution in [0.25, 0.3) is 0 Å². The lowest BCUT2D eigenvalue weighted by Crippen LogP contribution is -2.59. The SMILES string of the molecule is COC(=O)C1C(=O)CC2CSCC1N2C. The highest BCUT2D eigenvalue weighted by molar-refractivity contribution is 7.99. The normalized spacial score (nSPS) is 36.4. The first-order chi connectivity index (χ1) is 7.15. The number of carbonyl (C=O) groups is 2. The van der Waals surface area contributed by atoms with Crippen LogP contribution in [-0.4, -0.2) is 54.4 Å². The second-order valence-corrected chi connectivity index (χ2v) is 5.17. The van der Waals surface area contributed by atoms with Gasteiger partial charge < -0.3 is 4.74 Å². The van der Waals surface area contributed by atoms with Crippen molar-refractivity contribution in [3.05, 3.63) is 0 Å². The molecule has 84 valence electrons. The Bertz CT molecular complexity index is 294. The summed E-state index contributed by atoms with van der Waals surface area (Å²) in [7, 11) is 3.34. The number of thioether (sulfide) groups is 1. The summed E-state index contributed by atoms with van der Waals surface area (Å²) in [6.07, 6.45) is 0.486. The molecule has 0 aromatic carbocycles. The standard InChI is InChI=1S/C10H15NO3S/c1-11-6-3-8(12)9(10(13)14-2)7(11)5-15-4-6/h6-7,9H,3-5H2,1-2H3. The Hall–Kier alpha value is -0.550. The summed E-state index contributed by atoms with van der Waals surface area (Å²) in [6.45, 7) is 0. The number of Topliss-reactive ketones (excluding diaryl/α,β-unsaturated/α-hetero) is 1. The van der Waals surface area contributed by atoms with Crippen LogP contribution in [0, 0.1) is 5.92 Å². The summed E-state index contributed by atoms with van der Waals surface area (Å²) in [4.78, 5) is 25.5. The molecule has 0 spiro atoms. The predicted molar refractivity (Wildman–Crippen MR) is 57.8 cm³/mol. The molecule has 0 saturated carbocycles. The quantitative estimate of drug-likeness (QED) is 0.473. The largest absolute Gasteiger partial charge is 0.468 e. The van der Waals surface area contributed by atoms with Crippen molar-refractivity contribution in [3.63, 3.8) is 0 Å². The summed E-state index contributed by atoms with van der Waals surface area (Å²) in [5.41, 5.74) is 0. The Morgan fingerprint density at radius 2 is 2.27 bits per heavy atom. The highest BCUT2D eigenvalue weighted by Crippen LogP contribution is 2.33. The number of esters is 1. The van der Waals surface area contributed by atoms with E-state index in [-0.39, 0.29) is 17.8 Å². The van der Waals surface area contributed by atoms with Crippen LogP contribution in [0.4, 0.5) is 0 Å². The second-order valence-electron chi connectivity index (χ2n) is 4.10. The number of piperidine rings is 1. The van der Waals surface area contributed by atoms with E-state index < -0.39 is 5.92 Å². The number of carbonyl (C=O) groups excluding carboxylic acids is 2. The van der Waals surface area contributed by atoms with E-state index in [4.69, 9.17) is 4.74 Å². The van der Waals surface area contributed by atoms with E-state index in [9.17, 15) is 9.59 Å². The molecule has 2 rings (SSSR count). The highest BCUT2D eigenvalue weighted by atomic mass is 32.2. The van der Waals surface area contributed by atoms with Gasteiger partial charge in [-0.2, -0.15) is 11.8 Å². The van der Waals surface area contributed by atoms with Gasteiger partial charge in [0.15, 0.2) is 0 Å². The molecule has 2 fully saturated rings. The van der Waals surface area contributed by atoms with Crippen molar-refractivity contribution < 1.29 is 14.3 Å². The summed E-state index contributed by atoms with van der Waals surface area (Å²) < 4.78 is 4.70. The number of hydrogen-bond donors (Lipinski definition) is 0. The maximum Gasteiger partial charge on any atom is 0.317 e. The molecule has 0 amide bonds. The number of rotatable bonds is 1. The van der Waals surface area contributed by atoms with Crippen LogP contribution < -0.4 is 0 Å². The Labute approximate surface area is 93.3 Å². The van der Waals surface area contributed by atoms with Gasteiger partial charge in [-0.1, -0.05) is 0 Å². The van der Waals surface area contributed by atoms with Crippen molar-refractivity contribution >= 4 is 23.5 Å². The molecule has 15 heavy (non-hydrogen) atoms. The smallest absolute Gasteiger partial charge is 0.317 e. The molecule has 3 unspecified atom stereocenters. The van der Waals surface area contributed by atoms with Gasteiger partial charge in [0.1, 0.15) is 11.7 Å². The lowest BCUT2D eigenvalue weighted by molar-refractivity contribution is -0.155. The van der Waals surface area contributed by atoms with Gasteiger partial charge in [0.25, 0.3) is 0 Å². The third kappa shape index (κ3) is 1.78. The Kier molecular flexibility index (Phi) is 3.02. The zero-order valence-corrected chi connectivity index (χ0v) is 9.75. The number of fused-ring (bicyclic) bond motifs is 2. The van der Waals surface area contributed by atoms with Gasteiger partial charge in [0, 0.05) is 30.0 Å². The summed E-state index contributed by atoms with van der Waals surface area (Å²) >= 11 is 1.82. The van der Waals surface area contributed by atoms with Crippen molar-refractivity contribution in [3.8, 4) is 0 Å². The first-order valence-electron chi connectivity index (χ1n) is 5.05. The Morgan fingerprint density at radius 3 is 2.93 bits per heavy atom. The molecule has 2 aliphatic rings. The van der Waals surface area contributed by atoms with E-state index in [1.807, 2.05) is 18.8 Å². The fraction of sp³-hybridized carbons (Fsp3) is 0.800. The minimum Gasteiger partial charge on any atom is -0.468 e. The average Bonchev–Trinajstić information content (AvgIpc) is 2.20. The monoisotopic (exact) mass is 229 g/mol. The van der Waals surface area contributed by atoms with Crippen LogP contribution >= 0.6 is 11.8 Å². The molecule has 5 heteroatoms. The molecule has 0 N–H and O–H groups in total. The van der Waals surface area contributed by atoms with E-state index in [1.165, 1.54) is 7.11 Å². The van der Waals surface area contributed by atoms with Crippen molar-refractivity contribution in [2.75, 3.05) is 25.7 Å². The average molecular weight is 229 g/mol. The molecule has 0 aliphatic carbocycles. The molecule has 3 atom stereocenters. The maximum absolute atomic E-state index is 11.8. The molecule has 2 bridgehead atoms. The highest BCUT2D eigenvalue weighted by Gasteiger charge is 2.46. The minimum absolute atomic E-state index is 0.0300. The third-order valence-corrected chi connectivity index (χ3v) is 4.52. The number of ketones is 1. The first kappa shape index (κ1) is 11.0. The Morgan fingerprint density at radius 1 is 1.53 bits per heavy atom. The van der Waals surface area contributed by atoms with E-state index >= 15 is 0 Å². The van der Waals surface area contributed by atoms with E-state index in [0.717, 1.165) is 11.5 Å². The van der Waals surface area contributed by atoms with Gasteiger partial charge in [-0.3, -0.25) is 14.5 Å². The lowest BCUT2D eigenvalue weighted by atomic mass is 9.85. The third-order valence-electron chi connectivity index (χ3n) is 3.32. The van der Waals surface area contributed by atoms with Gasteiger partial charge in [0.2, 0.25) is 0 Å². The van der Waals surface area contributed by atoms with Crippen molar-refractivity contribution in [2.24, 2.45) is 5.92 Å². The van der Waals surface area contributed by atoms with E-state index in [2.05, 4.69) is 4.90 Å². The van der Waals surface area contributed by atoms with Crippen LogP contribution in [0.5, 0.6) is 0 Å².